The molecule has 29 heavy (non-hydrogen) atoms. The Balaban J connectivity index is 1.46. The van der Waals surface area contributed by atoms with Crippen LogP contribution in [0.2, 0.25) is 0 Å². The predicted molar refractivity (Wildman–Crippen MR) is 110 cm³/mol. The van der Waals surface area contributed by atoms with Gasteiger partial charge in [-0.2, -0.15) is 15.0 Å². The molecular weight excluding hydrogens is 370 g/mol. The Morgan fingerprint density at radius 1 is 1.03 bits per heavy atom. The predicted octanol–water partition coefficient (Wildman–Crippen LogP) is 3.41. The molecule has 150 valence electrons. The normalized spacial score (nSPS) is 10.4. The molecule has 0 radical (unpaired) electrons. The molecule has 3 N–H and O–H groups in total. The summed E-state index contributed by atoms with van der Waals surface area (Å²) in [6, 6.07) is 17.2. The number of benzene rings is 2. The van der Waals surface area contributed by atoms with Crippen LogP contribution in [0.25, 0.3) is 0 Å². The third kappa shape index (κ3) is 6.46. The zero-order valence-corrected chi connectivity index (χ0v) is 16.2. The van der Waals surface area contributed by atoms with Gasteiger partial charge >= 0.3 is 5.97 Å². The van der Waals surface area contributed by atoms with Gasteiger partial charge in [-0.1, -0.05) is 36.4 Å². The average Bonchev–Trinajstić information content (AvgIpc) is 2.72. The summed E-state index contributed by atoms with van der Waals surface area (Å²) in [6.07, 6.45) is 0.787. The number of anilines is 3. The molecule has 8 heteroatoms. The van der Waals surface area contributed by atoms with Crippen molar-refractivity contribution in [3.8, 4) is 5.75 Å². The fraction of sp³-hybridized carbons (Fsp3) is 0.238. The number of esters is 1. The minimum atomic E-state index is -0.353. The zero-order valence-electron chi connectivity index (χ0n) is 16.2. The Morgan fingerprint density at radius 3 is 2.59 bits per heavy atom. The first-order valence-corrected chi connectivity index (χ1v) is 9.27. The maximum absolute atomic E-state index is 11.9. The highest BCUT2D eigenvalue weighted by Crippen LogP contribution is 2.18. The highest BCUT2D eigenvalue weighted by Gasteiger charge is 2.09. The number of rotatable bonds is 9. The SMILES string of the molecule is Cc1ccccc1Nc1nc(N)nc(COC(=O)CCCOc2ccccc2)n1. The summed E-state index contributed by atoms with van der Waals surface area (Å²) in [5, 5.41) is 3.10. The minimum Gasteiger partial charge on any atom is -0.494 e. The van der Waals surface area contributed by atoms with Crippen molar-refractivity contribution in [1.82, 2.24) is 15.0 Å². The Bertz CT molecular complexity index is 950. The van der Waals surface area contributed by atoms with Crippen LogP contribution in [0, 0.1) is 6.92 Å². The summed E-state index contributed by atoms with van der Waals surface area (Å²) in [6.45, 7) is 2.33. The lowest BCUT2D eigenvalue weighted by Crippen LogP contribution is -2.12. The smallest absolute Gasteiger partial charge is 0.306 e. The van der Waals surface area contributed by atoms with Crippen molar-refractivity contribution < 1.29 is 14.3 Å². The lowest BCUT2D eigenvalue weighted by Gasteiger charge is -2.10. The first kappa shape index (κ1) is 20.1. The molecule has 2 aromatic carbocycles. The van der Waals surface area contributed by atoms with E-state index in [-0.39, 0.29) is 30.8 Å². The number of aryl methyl sites for hydroxylation is 1. The average molecular weight is 393 g/mol. The number of carbonyl (C=O) groups is 1. The maximum Gasteiger partial charge on any atom is 0.306 e. The Kier molecular flexibility index (Phi) is 6.94. The van der Waals surface area contributed by atoms with Gasteiger partial charge in [-0.15, -0.1) is 0 Å². The summed E-state index contributed by atoms with van der Waals surface area (Å²) in [5.41, 5.74) is 7.65. The lowest BCUT2D eigenvalue weighted by molar-refractivity contribution is -0.145. The van der Waals surface area contributed by atoms with E-state index in [9.17, 15) is 4.79 Å². The van der Waals surface area contributed by atoms with Gasteiger partial charge in [0.25, 0.3) is 0 Å². The number of para-hydroxylation sites is 2. The molecule has 8 nitrogen and oxygen atoms in total. The Morgan fingerprint density at radius 2 is 1.79 bits per heavy atom. The fourth-order valence-corrected chi connectivity index (χ4v) is 2.53. The maximum atomic E-state index is 11.9. The summed E-state index contributed by atoms with van der Waals surface area (Å²) in [7, 11) is 0. The molecule has 0 atom stereocenters. The second-order valence-electron chi connectivity index (χ2n) is 6.30. The largest absolute Gasteiger partial charge is 0.494 e. The standard InChI is InChI=1S/C21H23N5O3/c1-15-8-5-6-11-17(15)23-21-25-18(24-20(22)26-21)14-29-19(27)12-7-13-28-16-9-3-2-4-10-16/h2-6,8-11H,7,12-14H2,1H3,(H3,22,23,24,25,26). The zero-order chi connectivity index (χ0) is 20.5. The number of nitrogens with one attached hydrogen (secondary N) is 1. The van der Waals surface area contributed by atoms with Crippen molar-refractivity contribution >= 4 is 23.6 Å². The van der Waals surface area contributed by atoms with E-state index in [0.717, 1.165) is 17.0 Å². The van der Waals surface area contributed by atoms with E-state index in [1.54, 1.807) is 0 Å². The fourth-order valence-electron chi connectivity index (χ4n) is 2.53. The molecule has 0 saturated carbocycles. The number of nitrogens with two attached hydrogens (primary N) is 1. The minimum absolute atomic E-state index is 0.0541. The molecule has 1 aromatic heterocycles. The monoisotopic (exact) mass is 393 g/mol. The van der Waals surface area contributed by atoms with E-state index in [2.05, 4.69) is 20.3 Å². The highest BCUT2D eigenvalue weighted by molar-refractivity contribution is 5.69. The summed E-state index contributed by atoms with van der Waals surface area (Å²) < 4.78 is 10.8. The molecule has 1 heterocycles. The molecule has 0 aliphatic carbocycles. The molecule has 0 fully saturated rings. The van der Waals surface area contributed by atoms with Crippen LogP contribution in [0.1, 0.15) is 24.2 Å². The van der Waals surface area contributed by atoms with Gasteiger partial charge in [0, 0.05) is 12.1 Å². The summed E-state index contributed by atoms with van der Waals surface area (Å²) in [5.74, 6) is 1.05. The van der Waals surface area contributed by atoms with Gasteiger partial charge in [-0.05, 0) is 37.1 Å². The number of hydrogen-bond donors (Lipinski definition) is 2. The number of ether oxygens (including phenoxy) is 2. The topological polar surface area (TPSA) is 112 Å². The second kappa shape index (κ2) is 10.0. The highest BCUT2D eigenvalue weighted by atomic mass is 16.5. The number of nitrogens with zero attached hydrogens (tertiary/aromatic N) is 3. The van der Waals surface area contributed by atoms with E-state index >= 15 is 0 Å². The van der Waals surface area contributed by atoms with Gasteiger partial charge < -0.3 is 20.5 Å². The van der Waals surface area contributed by atoms with Crippen molar-refractivity contribution in [2.24, 2.45) is 0 Å². The first-order valence-electron chi connectivity index (χ1n) is 9.27. The Hall–Kier alpha value is -3.68. The van der Waals surface area contributed by atoms with Crippen molar-refractivity contribution in [2.75, 3.05) is 17.7 Å². The van der Waals surface area contributed by atoms with Crippen LogP contribution in [-0.4, -0.2) is 27.5 Å². The molecule has 3 aromatic rings. The number of hydrogen-bond acceptors (Lipinski definition) is 8. The second-order valence-corrected chi connectivity index (χ2v) is 6.30. The third-order valence-electron chi connectivity index (χ3n) is 3.99. The number of aromatic nitrogens is 3. The molecule has 0 spiro atoms. The molecule has 0 bridgehead atoms. The van der Waals surface area contributed by atoms with Gasteiger partial charge in [-0.3, -0.25) is 4.79 Å². The van der Waals surface area contributed by atoms with E-state index in [0.29, 0.717) is 19.0 Å². The van der Waals surface area contributed by atoms with Gasteiger partial charge in [0.15, 0.2) is 12.4 Å². The van der Waals surface area contributed by atoms with Crippen LogP contribution in [0.15, 0.2) is 54.6 Å². The molecule has 0 saturated heterocycles. The van der Waals surface area contributed by atoms with E-state index in [1.165, 1.54) is 0 Å². The van der Waals surface area contributed by atoms with Crippen LogP contribution in [0.3, 0.4) is 0 Å². The summed E-state index contributed by atoms with van der Waals surface area (Å²) >= 11 is 0. The molecule has 3 rings (SSSR count). The van der Waals surface area contributed by atoms with E-state index < -0.39 is 0 Å². The molecule has 0 unspecified atom stereocenters. The van der Waals surface area contributed by atoms with Crippen LogP contribution in [-0.2, 0) is 16.1 Å². The van der Waals surface area contributed by atoms with Crippen LogP contribution >= 0.6 is 0 Å². The molecule has 0 amide bonds. The van der Waals surface area contributed by atoms with Crippen LogP contribution in [0.5, 0.6) is 5.75 Å². The quantitative estimate of drug-likeness (QED) is 0.420. The van der Waals surface area contributed by atoms with E-state index in [1.807, 2.05) is 61.5 Å². The Labute approximate surface area is 169 Å². The van der Waals surface area contributed by atoms with Crippen molar-refractivity contribution in [1.29, 1.82) is 0 Å². The van der Waals surface area contributed by atoms with Crippen molar-refractivity contribution in [2.45, 2.75) is 26.4 Å². The number of nitrogen functional groups attached to an aromatic ring is 1. The van der Waals surface area contributed by atoms with Crippen molar-refractivity contribution in [3.05, 3.63) is 66.0 Å². The van der Waals surface area contributed by atoms with Crippen molar-refractivity contribution in [3.63, 3.8) is 0 Å². The first-order chi connectivity index (χ1) is 14.1. The number of carbonyl (C=O) groups excluding carboxylic acids is 1. The lowest BCUT2D eigenvalue weighted by atomic mass is 10.2. The van der Waals surface area contributed by atoms with E-state index in [4.69, 9.17) is 15.2 Å². The van der Waals surface area contributed by atoms with Gasteiger partial charge in [0.1, 0.15) is 5.75 Å². The van der Waals surface area contributed by atoms with Crippen LogP contribution in [0.4, 0.5) is 17.6 Å². The third-order valence-corrected chi connectivity index (χ3v) is 3.99. The molecule has 0 aliphatic rings. The van der Waals surface area contributed by atoms with Gasteiger partial charge in [0.2, 0.25) is 11.9 Å². The van der Waals surface area contributed by atoms with Gasteiger partial charge in [-0.25, -0.2) is 0 Å². The molecular formula is C21H23N5O3. The summed E-state index contributed by atoms with van der Waals surface area (Å²) in [4.78, 5) is 24.3. The van der Waals surface area contributed by atoms with Gasteiger partial charge in [0.05, 0.1) is 6.61 Å². The molecule has 0 aliphatic heterocycles. The van der Waals surface area contributed by atoms with Crippen LogP contribution < -0.4 is 15.8 Å².